The molecule has 1 fully saturated rings. The number of hydrogen-bond acceptors (Lipinski definition) is 5. The second kappa shape index (κ2) is 6.68. The Morgan fingerprint density at radius 2 is 2.00 bits per heavy atom. The van der Waals surface area contributed by atoms with Gasteiger partial charge in [0.15, 0.2) is 0 Å². The molecule has 6 nitrogen and oxygen atoms in total. The van der Waals surface area contributed by atoms with Crippen molar-refractivity contribution >= 4 is 16.2 Å². The zero-order valence-corrected chi connectivity index (χ0v) is 15.0. The summed E-state index contributed by atoms with van der Waals surface area (Å²) in [6.45, 7) is 5.27. The van der Waals surface area contributed by atoms with Gasteiger partial charge in [0, 0.05) is 6.42 Å². The summed E-state index contributed by atoms with van der Waals surface area (Å²) in [5.41, 5.74) is -0.125. The van der Waals surface area contributed by atoms with E-state index < -0.39 is 39.8 Å². The van der Waals surface area contributed by atoms with E-state index in [-0.39, 0.29) is 13.0 Å². The van der Waals surface area contributed by atoms with Crippen LogP contribution in [0.15, 0.2) is 24.3 Å². The van der Waals surface area contributed by atoms with E-state index in [1.54, 1.807) is 32.9 Å². The zero-order chi connectivity index (χ0) is 18.1. The number of ether oxygens (including phenoxy) is 1. The van der Waals surface area contributed by atoms with E-state index >= 15 is 0 Å². The van der Waals surface area contributed by atoms with Crippen LogP contribution in [0.25, 0.3) is 0 Å². The van der Waals surface area contributed by atoms with E-state index in [0.717, 1.165) is 6.26 Å². The van der Waals surface area contributed by atoms with Crippen LogP contribution in [0.5, 0.6) is 0 Å². The summed E-state index contributed by atoms with van der Waals surface area (Å²) >= 11 is 0. The molecule has 134 valence electrons. The van der Waals surface area contributed by atoms with E-state index in [4.69, 9.17) is 8.92 Å². The van der Waals surface area contributed by atoms with Gasteiger partial charge in [-0.15, -0.1) is 0 Å². The Morgan fingerprint density at radius 1 is 1.33 bits per heavy atom. The standard InChI is InChI=1S/C16H22FNO5S/c1-16(2,3)22-15(19)18-10-13(23-24(4,20)21)9-14(18)11-6-5-7-12(17)8-11/h5-8,13-14H,9-10H2,1-4H3. The Hall–Kier alpha value is -1.67. The number of hydrogen-bond donors (Lipinski definition) is 0. The SMILES string of the molecule is CC(C)(C)OC(=O)N1CC(OS(C)(=O)=O)CC1c1cccc(F)c1. The van der Waals surface area contributed by atoms with Gasteiger partial charge >= 0.3 is 6.09 Å². The molecule has 0 radical (unpaired) electrons. The first-order valence-corrected chi connectivity index (χ1v) is 9.39. The van der Waals surface area contributed by atoms with Crippen molar-refractivity contribution in [3.8, 4) is 0 Å². The van der Waals surface area contributed by atoms with Gasteiger partial charge in [-0.3, -0.25) is 9.08 Å². The van der Waals surface area contributed by atoms with Crippen LogP contribution >= 0.6 is 0 Å². The third-order valence-electron chi connectivity index (χ3n) is 3.44. The quantitative estimate of drug-likeness (QED) is 0.776. The minimum Gasteiger partial charge on any atom is -0.444 e. The van der Waals surface area contributed by atoms with Crippen LogP contribution in [0.2, 0.25) is 0 Å². The van der Waals surface area contributed by atoms with Crippen LogP contribution in [0.3, 0.4) is 0 Å². The first-order valence-electron chi connectivity index (χ1n) is 7.58. The topological polar surface area (TPSA) is 72.9 Å². The normalized spacial score (nSPS) is 21.8. The summed E-state index contributed by atoms with van der Waals surface area (Å²) in [6.07, 6.45) is -0.0760. The predicted octanol–water partition coefficient (Wildman–Crippen LogP) is 2.85. The van der Waals surface area contributed by atoms with Crippen molar-refractivity contribution in [1.29, 1.82) is 0 Å². The van der Waals surface area contributed by atoms with Gasteiger partial charge in [-0.1, -0.05) is 12.1 Å². The summed E-state index contributed by atoms with van der Waals surface area (Å²) < 4.78 is 46.7. The molecular formula is C16H22FNO5S. The lowest BCUT2D eigenvalue weighted by Gasteiger charge is -2.28. The molecule has 2 atom stereocenters. The van der Waals surface area contributed by atoms with Gasteiger partial charge in [0.25, 0.3) is 10.1 Å². The number of nitrogens with zero attached hydrogens (tertiary/aromatic N) is 1. The fraction of sp³-hybridized carbons (Fsp3) is 0.562. The largest absolute Gasteiger partial charge is 0.444 e. The Balaban J connectivity index is 2.27. The molecule has 1 aromatic carbocycles. The van der Waals surface area contributed by atoms with E-state index in [2.05, 4.69) is 0 Å². The molecule has 2 unspecified atom stereocenters. The zero-order valence-electron chi connectivity index (χ0n) is 14.2. The third-order valence-corrected chi connectivity index (χ3v) is 4.06. The number of amides is 1. The monoisotopic (exact) mass is 359 g/mol. The van der Waals surface area contributed by atoms with Crippen molar-refractivity contribution in [2.45, 2.75) is 44.9 Å². The van der Waals surface area contributed by atoms with Crippen LogP contribution < -0.4 is 0 Å². The average molecular weight is 359 g/mol. The molecule has 24 heavy (non-hydrogen) atoms. The highest BCUT2D eigenvalue weighted by Crippen LogP contribution is 2.35. The summed E-state index contributed by atoms with van der Waals surface area (Å²) in [4.78, 5) is 13.8. The number of rotatable bonds is 3. The fourth-order valence-corrected chi connectivity index (χ4v) is 3.30. The summed E-state index contributed by atoms with van der Waals surface area (Å²) in [7, 11) is -3.66. The van der Waals surface area contributed by atoms with Crippen molar-refractivity contribution in [1.82, 2.24) is 4.90 Å². The highest BCUT2D eigenvalue weighted by atomic mass is 32.2. The maximum absolute atomic E-state index is 13.5. The predicted molar refractivity (Wildman–Crippen MR) is 86.4 cm³/mol. The molecular weight excluding hydrogens is 337 g/mol. The summed E-state index contributed by atoms with van der Waals surface area (Å²) in [6, 6.07) is 5.35. The molecule has 8 heteroatoms. The lowest BCUT2D eigenvalue weighted by atomic mass is 10.0. The molecule has 1 heterocycles. The average Bonchev–Trinajstić information content (AvgIpc) is 2.78. The molecule has 0 aromatic heterocycles. The van der Waals surface area contributed by atoms with Crippen molar-refractivity contribution in [3.05, 3.63) is 35.6 Å². The molecule has 0 aliphatic carbocycles. The Labute approximate surface area is 141 Å². The third kappa shape index (κ3) is 5.17. The van der Waals surface area contributed by atoms with Gasteiger partial charge in [0.2, 0.25) is 0 Å². The van der Waals surface area contributed by atoms with Gasteiger partial charge in [0.05, 0.1) is 24.9 Å². The number of likely N-dealkylation sites (tertiary alicyclic amines) is 1. The maximum atomic E-state index is 13.5. The smallest absolute Gasteiger partial charge is 0.410 e. The van der Waals surface area contributed by atoms with Crippen molar-refractivity contribution in [2.75, 3.05) is 12.8 Å². The number of benzene rings is 1. The molecule has 2 rings (SSSR count). The van der Waals surface area contributed by atoms with Gasteiger partial charge in [-0.05, 0) is 38.5 Å². The highest BCUT2D eigenvalue weighted by molar-refractivity contribution is 7.86. The van der Waals surface area contributed by atoms with Crippen LogP contribution in [0, 0.1) is 5.82 Å². The molecule has 0 bridgehead atoms. The molecule has 0 saturated carbocycles. The van der Waals surface area contributed by atoms with Crippen LogP contribution in [0.4, 0.5) is 9.18 Å². The van der Waals surface area contributed by atoms with E-state index in [1.807, 2.05) is 0 Å². The summed E-state index contributed by atoms with van der Waals surface area (Å²) in [5, 5.41) is 0. The first kappa shape index (κ1) is 18.7. The Morgan fingerprint density at radius 3 is 2.54 bits per heavy atom. The van der Waals surface area contributed by atoms with Gasteiger partial charge in [0.1, 0.15) is 11.4 Å². The van der Waals surface area contributed by atoms with E-state index in [1.165, 1.54) is 17.0 Å². The Bertz CT molecular complexity index is 713. The van der Waals surface area contributed by atoms with Gasteiger partial charge < -0.3 is 4.74 Å². The number of carbonyl (C=O) groups is 1. The minimum absolute atomic E-state index is 0.0587. The fourth-order valence-electron chi connectivity index (χ4n) is 2.67. The molecule has 1 aromatic rings. The molecule has 1 aliphatic heterocycles. The molecule has 1 aliphatic rings. The second-order valence-corrected chi connectivity index (χ2v) is 8.46. The maximum Gasteiger partial charge on any atom is 0.410 e. The molecule has 0 spiro atoms. The van der Waals surface area contributed by atoms with Crippen LogP contribution in [-0.2, 0) is 19.0 Å². The van der Waals surface area contributed by atoms with Crippen LogP contribution in [-0.4, -0.2) is 43.9 Å². The number of halogens is 1. The lowest BCUT2D eigenvalue weighted by molar-refractivity contribution is 0.0210. The van der Waals surface area contributed by atoms with Gasteiger partial charge in [-0.2, -0.15) is 8.42 Å². The molecule has 0 N–H and O–H groups in total. The second-order valence-electron chi connectivity index (χ2n) is 6.86. The Kier molecular flexibility index (Phi) is 5.19. The lowest BCUT2D eigenvalue weighted by Crippen LogP contribution is -2.37. The van der Waals surface area contributed by atoms with Crippen molar-refractivity contribution in [3.63, 3.8) is 0 Å². The molecule has 1 saturated heterocycles. The van der Waals surface area contributed by atoms with E-state index in [0.29, 0.717) is 5.56 Å². The minimum atomic E-state index is -3.66. The van der Waals surface area contributed by atoms with E-state index in [9.17, 15) is 17.6 Å². The van der Waals surface area contributed by atoms with Crippen molar-refractivity contribution in [2.24, 2.45) is 0 Å². The highest BCUT2D eigenvalue weighted by Gasteiger charge is 2.40. The molecule has 1 amide bonds. The van der Waals surface area contributed by atoms with Crippen molar-refractivity contribution < 1.29 is 26.5 Å². The van der Waals surface area contributed by atoms with Gasteiger partial charge in [-0.25, -0.2) is 9.18 Å². The summed E-state index contributed by atoms with van der Waals surface area (Å²) in [5.74, 6) is -0.427. The number of carbonyl (C=O) groups excluding carboxylic acids is 1. The van der Waals surface area contributed by atoms with Crippen LogP contribution in [0.1, 0.15) is 38.8 Å². The first-order chi connectivity index (χ1) is 10.9.